The molecule has 0 saturated carbocycles. The van der Waals surface area contributed by atoms with Crippen molar-refractivity contribution in [3.8, 4) is 0 Å². The lowest BCUT2D eigenvalue weighted by Crippen LogP contribution is -2.53. The van der Waals surface area contributed by atoms with Gasteiger partial charge in [0, 0.05) is 0 Å². The van der Waals surface area contributed by atoms with Crippen molar-refractivity contribution in [3.05, 3.63) is 35.9 Å². The molecule has 2 N–H and O–H groups in total. The molecule has 1 aromatic rings. The molecule has 1 aliphatic heterocycles. The van der Waals surface area contributed by atoms with E-state index in [-0.39, 0.29) is 17.5 Å². The SMILES string of the molecule is CCC1(C(=O)NC(C)c2ccccc2)CCCN1. The second-order valence-electron chi connectivity index (χ2n) is 5.07. The molecule has 0 radical (unpaired) electrons. The first-order valence-corrected chi connectivity index (χ1v) is 6.79. The van der Waals surface area contributed by atoms with Crippen molar-refractivity contribution in [1.82, 2.24) is 10.6 Å². The molecule has 1 aliphatic rings. The third kappa shape index (κ3) is 2.56. The molecule has 2 rings (SSSR count). The largest absolute Gasteiger partial charge is 0.348 e. The predicted molar refractivity (Wildman–Crippen MR) is 73.3 cm³/mol. The molecule has 0 aromatic heterocycles. The molecule has 3 heteroatoms. The van der Waals surface area contributed by atoms with Gasteiger partial charge in [0.25, 0.3) is 0 Å². The molecule has 1 saturated heterocycles. The van der Waals surface area contributed by atoms with Crippen LogP contribution in [0.1, 0.15) is 44.7 Å². The normalized spacial score (nSPS) is 24.8. The molecular weight excluding hydrogens is 224 g/mol. The van der Waals surface area contributed by atoms with Crippen molar-refractivity contribution < 1.29 is 4.79 Å². The Morgan fingerprint density at radius 1 is 1.44 bits per heavy atom. The van der Waals surface area contributed by atoms with Gasteiger partial charge in [0.1, 0.15) is 0 Å². The molecule has 1 heterocycles. The van der Waals surface area contributed by atoms with E-state index < -0.39 is 0 Å². The van der Waals surface area contributed by atoms with E-state index in [1.54, 1.807) is 0 Å². The summed E-state index contributed by atoms with van der Waals surface area (Å²) in [5.74, 6) is 0.138. The van der Waals surface area contributed by atoms with Crippen LogP contribution in [0.4, 0.5) is 0 Å². The quantitative estimate of drug-likeness (QED) is 0.856. The summed E-state index contributed by atoms with van der Waals surface area (Å²) in [6, 6.07) is 10.1. The summed E-state index contributed by atoms with van der Waals surface area (Å²) in [7, 11) is 0. The summed E-state index contributed by atoms with van der Waals surface area (Å²) >= 11 is 0. The molecule has 18 heavy (non-hydrogen) atoms. The molecule has 0 aliphatic carbocycles. The maximum Gasteiger partial charge on any atom is 0.240 e. The minimum atomic E-state index is -0.344. The smallest absolute Gasteiger partial charge is 0.240 e. The van der Waals surface area contributed by atoms with E-state index in [4.69, 9.17) is 0 Å². The molecular formula is C15H22N2O. The predicted octanol–water partition coefficient (Wildman–Crippen LogP) is 2.40. The zero-order valence-electron chi connectivity index (χ0n) is 11.2. The molecule has 1 aromatic carbocycles. The third-order valence-electron chi connectivity index (χ3n) is 3.93. The first kappa shape index (κ1) is 13.1. The van der Waals surface area contributed by atoms with Gasteiger partial charge < -0.3 is 10.6 Å². The van der Waals surface area contributed by atoms with Crippen molar-refractivity contribution in [2.24, 2.45) is 0 Å². The Kier molecular flexibility index (Phi) is 4.02. The second kappa shape index (κ2) is 5.53. The molecule has 0 bridgehead atoms. The standard InChI is InChI=1S/C15H22N2O/c1-3-15(10-7-11-16-15)14(18)17-12(2)13-8-5-4-6-9-13/h4-6,8-9,12,16H,3,7,10-11H2,1-2H3,(H,17,18). The van der Waals surface area contributed by atoms with E-state index in [1.807, 2.05) is 37.3 Å². The lowest BCUT2D eigenvalue weighted by Gasteiger charge is -2.28. The lowest BCUT2D eigenvalue weighted by atomic mass is 9.92. The second-order valence-corrected chi connectivity index (χ2v) is 5.07. The van der Waals surface area contributed by atoms with Crippen molar-refractivity contribution in [3.63, 3.8) is 0 Å². The maximum atomic E-state index is 12.4. The Bertz CT molecular complexity index is 396. The van der Waals surface area contributed by atoms with E-state index in [9.17, 15) is 4.79 Å². The van der Waals surface area contributed by atoms with Gasteiger partial charge in [0.05, 0.1) is 11.6 Å². The highest BCUT2D eigenvalue weighted by Gasteiger charge is 2.39. The molecule has 1 amide bonds. The fourth-order valence-corrected chi connectivity index (χ4v) is 2.62. The monoisotopic (exact) mass is 246 g/mol. The van der Waals surface area contributed by atoms with Gasteiger partial charge in [0.2, 0.25) is 5.91 Å². The molecule has 3 nitrogen and oxygen atoms in total. The van der Waals surface area contributed by atoms with Gasteiger partial charge in [-0.25, -0.2) is 0 Å². The number of benzene rings is 1. The molecule has 1 fully saturated rings. The first-order chi connectivity index (χ1) is 8.68. The van der Waals surface area contributed by atoms with Gasteiger partial charge in [-0.05, 0) is 38.3 Å². The number of nitrogens with one attached hydrogen (secondary N) is 2. The summed E-state index contributed by atoms with van der Waals surface area (Å²) in [6.45, 7) is 5.05. The van der Waals surface area contributed by atoms with Gasteiger partial charge in [-0.2, -0.15) is 0 Å². The fraction of sp³-hybridized carbons (Fsp3) is 0.533. The Labute approximate surface area is 109 Å². The minimum Gasteiger partial charge on any atom is -0.348 e. The molecule has 2 unspecified atom stereocenters. The van der Waals surface area contributed by atoms with Crippen LogP contribution in [0.15, 0.2) is 30.3 Å². The van der Waals surface area contributed by atoms with Gasteiger partial charge in [-0.15, -0.1) is 0 Å². The minimum absolute atomic E-state index is 0.0597. The summed E-state index contributed by atoms with van der Waals surface area (Å²) < 4.78 is 0. The first-order valence-electron chi connectivity index (χ1n) is 6.79. The van der Waals surface area contributed by atoms with Crippen LogP contribution >= 0.6 is 0 Å². The lowest BCUT2D eigenvalue weighted by molar-refractivity contribution is -0.128. The van der Waals surface area contributed by atoms with Crippen molar-refractivity contribution in [1.29, 1.82) is 0 Å². The van der Waals surface area contributed by atoms with Gasteiger partial charge in [-0.3, -0.25) is 4.79 Å². The Hall–Kier alpha value is -1.35. The summed E-state index contributed by atoms with van der Waals surface area (Å²) in [5, 5.41) is 6.49. The zero-order chi connectivity index (χ0) is 13.0. The van der Waals surface area contributed by atoms with Crippen LogP contribution < -0.4 is 10.6 Å². The van der Waals surface area contributed by atoms with E-state index in [0.29, 0.717) is 0 Å². The van der Waals surface area contributed by atoms with Crippen LogP contribution in [-0.2, 0) is 4.79 Å². The van der Waals surface area contributed by atoms with E-state index >= 15 is 0 Å². The number of rotatable bonds is 4. The average molecular weight is 246 g/mol. The number of carbonyl (C=O) groups excluding carboxylic acids is 1. The molecule has 2 atom stereocenters. The fourth-order valence-electron chi connectivity index (χ4n) is 2.62. The number of amides is 1. The zero-order valence-corrected chi connectivity index (χ0v) is 11.2. The molecule has 0 spiro atoms. The summed E-state index contributed by atoms with van der Waals surface area (Å²) in [4.78, 5) is 12.4. The van der Waals surface area contributed by atoms with Crippen LogP contribution in [0.2, 0.25) is 0 Å². The van der Waals surface area contributed by atoms with Crippen LogP contribution in [0.3, 0.4) is 0 Å². The highest BCUT2D eigenvalue weighted by molar-refractivity contribution is 5.87. The number of carbonyl (C=O) groups is 1. The molecule has 98 valence electrons. The highest BCUT2D eigenvalue weighted by Crippen LogP contribution is 2.24. The third-order valence-corrected chi connectivity index (χ3v) is 3.93. The highest BCUT2D eigenvalue weighted by atomic mass is 16.2. The van der Waals surface area contributed by atoms with Crippen LogP contribution in [-0.4, -0.2) is 18.0 Å². The average Bonchev–Trinajstić information content (AvgIpc) is 2.89. The number of hydrogen-bond acceptors (Lipinski definition) is 2. The van der Waals surface area contributed by atoms with Crippen molar-refractivity contribution in [2.45, 2.75) is 44.7 Å². The summed E-state index contributed by atoms with van der Waals surface area (Å²) in [5.41, 5.74) is 0.804. The van der Waals surface area contributed by atoms with E-state index in [0.717, 1.165) is 31.4 Å². The Morgan fingerprint density at radius 3 is 2.72 bits per heavy atom. The van der Waals surface area contributed by atoms with Crippen molar-refractivity contribution >= 4 is 5.91 Å². The topological polar surface area (TPSA) is 41.1 Å². The van der Waals surface area contributed by atoms with E-state index in [2.05, 4.69) is 17.6 Å². The van der Waals surface area contributed by atoms with Gasteiger partial charge in [0.15, 0.2) is 0 Å². The van der Waals surface area contributed by atoms with Crippen LogP contribution in [0.25, 0.3) is 0 Å². The van der Waals surface area contributed by atoms with Crippen LogP contribution in [0.5, 0.6) is 0 Å². The number of hydrogen-bond donors (Lipinski definition) is 2. The maximum absolute atomic E-state index is 12.4. The van der Waals surface area contributed by atoms with Crippen molar-refractivity contribution in [2.75, 3.05) is 6.54 Å². The van der Waals surface area contributed by atoms with E-state index in [1.165, 1.54) is 0 Å². The summed E-state index contributed by atoms with van der Waals surface area (Å²) in [6.07, 6.45) is 2.87. The van der Waals surface area contributed by atoms with Crippen LogP contribution in [0, 0.1) is 0 Å². The van der Waals surface area contributed by atoms with Gasteiger partial charge >= 0.3 is 0 Å². The Morgan fingerprint density at radius 2 is 2.17 bits per heavy atom. The van der Waals surface area contributed by atoms with Gasteiger partial charge in [-0.1, -0.05) is 37.3 Å². The Balaban J connectivity index is 2.03.